The zero-order valence-electron chi connectivity index (χ0n) is 13.0. The smallest absolute Gasteiger partial charge is 0.239 e. The Morgan fingerprint density at radius 1 is 1.05 bits per heavy atom. The SMILES string of the molecule is CCC(CC)C(=O)NCC(=O)NCCCc1ccccc1. The second-order valence-corrected chi connectivity index (χ2v) is 5.17. The van der Waals surface area contributed by atoms with Crippen LogP contribution in [0, 0.1) is 5.92 Å². The molecule has 0 spiro atoms. The van der Waals surface area contributed by atoms with E-state index < -0.39 is 0 Å². The molecule has 2 amide bonds. The molecule has 0 aliphatic heterocycles. The van der Waals surface area contributed by atoms with Gasteiger partial charge < -0.3 is 10.6 Å². The molecule has 0 aliphatic carbocycles. The van der Waals surface area contributed by atoms with Crippen molar-refractivity contribution in [2.45, 2.75) is 39.5 Å². The predicted molar refractivity (Wildman–Crippen MR) is 84.9 cm³/mol. The highest BCUT2D eigenvalue weighted by Gasteiger charge is 2.14. The van der Waals surface area contributed by atoms with Gasteiger partial charge in [-0.3, -0.25) is 9.59 Å². The average Bonchev–Trinajstić information content (AvgIpc) is 2.52. The summed E-state index contributed by atoms with van der Waals surface area (Å²) < 4.78 is 0. The summed E-state index contributed by atoms with van der Waals surface area (Å²) in [4.78, 5) is 23.4. The van der Waals surface area contributed by atoms with Crippen LogP contribution in [0.4, 0.5) is 0 Å². The highest BCUT2D eigenvalue weighted by Crippen LogP contribution is 2.06. The van der Waals surface area contributed by atoms with Gasteiger partial charge in [0.25, 0.3) is 0 Å². The Morgan fingerprint density at radius 3 is 2.33 bits per heavy atom. The van der Waals surface area contributed by atoms with E-state index >= 15 is 0 Å². The molecule has 1 aromatic rings. The molecule has 2 N–H and O–H groups in total. The van der Waals surface area contributed by atoms with Crippen LogP contribution in [0.1, 0.15) is 38.7 Å². The van der Waals surface area contributed by atoms with Crippen molar-refractivity contribution < 1.29 is 9.59 Å². The molecule has 4 nitrogen and oxygen atoms in total. The lowest BCUT2D eigenvalue weighted by atomic mass is 10.0. The van der Waals surface area contributed by atoms with Crippen molar-refractivity contribution in [3.63, 3.8) is 0 Å². The number of benzene rings is 1. The maximum Gasteiger partial charge on any atom is 0.239 e. The second kappa shape index (κ2) is 9.97. The second-order valence-electron chi connectivity index (χ2n) is 5.17. The molecular weight excluding hydrogens is 264 g/mol. The summed E-state index contributed by atoms with van der Waals surface area (Å²) in [5, 5.41) is 5.52. The van der Waals surface area contributed by atoms with Gasteiger partial charge in [0.2, 0.25) is 11.8 Å². The molecular formula is C17H26N2O2. The molecule has 4 heteroatoms. The monoisotopic (exact) mass is 290 g/mol. The third kappa shape index (κ3) is 6.93. The van der Waals surface area contributed by atoms with E-state index in [0.717, 1.165) is 25.7 Å². The van der Waals surface area contributed by atoms with Crippen LogP contribution in [0.15, 0.2) is 30.3 Å². The number of carbonyl (C=O) groups is 2. The van der Waals surface area contributed by atoms with Crippen LogP contribution in [0.2, 0.25) is 0 Å². The zero-order valence-corrected chi connectivity index (χ0v) is 13.0. The summed E-state index contributed by atoms with van der Waals surface area (Å²) in [7, 11) is 0. The Balaban J connectivity index is 2.13. The first-order valence-electron chi connectivity index (χ1n) is 7.75. The molecule has 0 unspecified atom stereocenters. The molecule has 0 aromatic heterocycles. The topological polar surface area (TPSA) is 58.2 Å². The lowest BCUT2D eigenvalue weighted by Gasteiger charge is -2.12. The van der Waals surface area contributed by atoms with E-state index in [1.165, 1.54) is 5.56 Å². The van der Waals surface area contributed by atoms with Crippen LogP contribution in [0.5, 0.6) is 0 Å². The number of rotatable bonds is 9. The van der Waals surface area contributed by atoms with Crippen LogP contribution >= 0.6 is 0 Å². The lowest BCUT2D eigenvalue weighted by Crippen LogP contribution is -2.39. The van der Waals surface area contributed by atoms with E-state index in [9.17, 15) is 9.59 Å². The first kappa shape index (κ1) is 17.2. The van der Waals surface area contributed by atoms with Crippen LogP contribution < -0.4 is 10.6 Å². The van der Waals surface area contributed by atoms with Gasteiger partial charge in [0.1, 0.15) is 0 Å². The van der Waals surface area contributed by atoms with Crippen molar-refractivity contribution >= 4 is 11.8 Å². The van der Waals surface area contributed by atoms with Crippen molar-refractivity contribution in [3.8, 4) is 0 Å². The number of nitrogens with one attached hydrogen (secondary N) is 2. The molecule has 0 saturated carbocycles. The van der Waals surface area contributed by atoms with Gasteiger partial charge in [-0.1, -0.05) is 44.2 Å². The Morgan fingerprint density at radius 2 is 1.71 bits per heavy atom. The number of carbonyl (C=O) groups excluding carboxylic acids is 2. The fraction of sp³-hybridized carbons (Fsp3) is 0.529. The van der Waals surface area contributed by atoms with E-state index in [0.29, 0.717) is 6.54 Å². The number of hydrogen-bond acceptors (Lipinski definition) is 2. The number of hydrogen-bond donors (Lipinski definition) is 2. The summed E-state index contributed by atoms with van der Waals surface area (Å²) in [6.07, 6.45) is 3.46. The van der Waals surface area contributed by atoms with E-state index in [1.807, 2.05) is 32.0 Å². The van der Waals surface area contributed by atoms with Gasteiger partial charge in [0.05, 0.1) is 6.54 Å². The molecule has 0 radical (unpaired) electrons. The molecule has 0 aliphatic rings. The molecule has 1 aromatic carbocycles. The Kier molecular flexibility index (Phi) is 8.17. The van der Waals surface area contributed by atoms with Gasteiger partial charge in [0, 0.05) is 12.5 Å². The zero-order chi connectivity index (χ0) is 15.5. The van der Waals surface area contributed by atoms with Gasteiger partial charge in [-0.25, -0.2) is 0 Å². The van der Waals surface area contributed by atoms with Crippen molar-refractivity contribution in [3.05, 3.63) is 35.9 Å². The molecule has 116 valence electrons. The molecule has 0 bridgehead atoms. The molecule has 0 heterocycles. The third-order valence-electron chi connectivity index (χ3n) is 3.59. The van der Waals surface area contributed by atoms with Gasteiger partial charge in [-0.2, -0.15) is 0 Å². The average molecular weight is 290 g/mol. The van der Waals surface area contributed by atoms with Crippen molar-refractivity contribution in [1.29, 1.82) is 0 Å². The standard InChI is InChI=1S/C17H26N2O2/c1-3-15(4-2)17(21)19-13-16(20)18-12-8-11-14-9-6-5-7-10-14/h5-7,9-10,15H,3-4,8,11-13H2,1-2H3,(H,18,20)(H,19,21). The Bertz CT molecular complexity index is 428. The highest BCUT2D eigenvalue weighted by atomic mass is 16.2. The quantitative estimate of drug-likeness (QED) is 0.686. The fourth-order valence-electron chi connectivity index (χ4n) is 2.20. The molecule has 0 saturated heterocycles. The maximum absolute atomic E-state index is 11.7. The van der Waals surface area contributed by atoms with Crippen molar-refractivity contribution in [2.24, 2.45) is 5.92 Å². The Hall–Kier alpha value is -1.84. The number of amides is 2. The van der Waals surface area contributed by atoms with E-state index in [2.05, 4.69) is 22.8 Å². The normalized spacial score (nSPS) is 10.4. The van der Waals surface area contributed by atoms with Gasteiger partial charge in [-0.15, -0.1) is 0 Å². The van der Waals surface area contributed by atoms with Crippen LogP contribution in [-0.2, 0) is 16.0 Å². The van der Waals surface area contributed by atoms with Gasteiger partial charge >= 0.3 is 0 Å². The molecule has 1 rings (SSSR count). The maximum atomic E-state index is 11.7. The van der Waals surface area contributed by atoms with Crippen LogP contribution in [0.3, 0.4) is 0 Å². The molecule has 21 heavy (non-hydrogen) atoms. The largest absolute Gasteiger partial charge is 0.355 e. The molecule has 0 atom stereocenters. The van der Waals surface area contributed by atoms with Crippen molar-refractivity contribution in [1.82, 2.24) is 10.6 Å². The Labute approximate surface area is 127 Å². The first-order chi connectivity index (χ1) is 10.2. The van der Waals surface area contributed by atoms with Gasteiger partial charge in [-0.05, 0) is 31.2 Å². The molecule has 0 fully saturated rings. The minimum atomic E-state index is -0.123. The number of aryl methyl sites for hydroxylation is 1. The minimum Gasteiger partial charge on any atom is -0.355 e. The van der Waals surface area contributed by atoms with Crippen LogP contribution in [0.25, 0.3) is 0 Å². The van der Waals surface area contributed by atoms with E-state index in [-0.39, 0.29) is 24.3 Å². The predicted octanol–water partition coefficient (Wildman–Crippen LogP) is 2.29. The summed E-state index contributed by atoms with van der Waals surface area (Å²) in [6, 6.07) is 10.2. The summed E-state index contributed by atoms with van der Waals surface area (Å²) >= 11 is 0. The van der Waals surface area contributed by atoms with Crippen molar-refractivity contribution in [2.75, 3.05) is 13.1 Å². The fourth-order valence-corrected chi connectivity index (χ4v) is 2.20. The highest BCUT2D eigenvalue weighted by molar-refractivity contribution is 5.85. The van der Waals surface area contributed by atoms with Gasteiger partial charge in [0.15, 0.2) is 0 Å². The summed E-state index contributed by atoms with van der Waals surface area (Å²) in [6.45, 7) is 4.67. The minimum absolute atomic E-state index is 0.0101. The summed E-state index contributed by atoms with van der Waals surface area (Å²) in [5.74, 6) is -0.141. The third-order valence-corrected chi connectivity index (χ3v) is 3.59. The summed E-state index contributed by atoms with van der Waals surface area (Å²) in [5.41, 5.74) is 1.27. The first-order valence-corrected chi connectivity index (χ1v) is 7.75. The lowest BCUT2D eigenvalue weighted by molar-refractivity contribution is -0.128. The van der Waals surface area contributed by atoms with E-state index in [4.69, 9.17) is 0 Å². The van der Waals surface area contributed by atoms with Crippen LogP contribution in [-0.4, -0.2) is 24.9 Å². The van der Waals surface area contributed by atoms with E-state index in [1.54, 1.807) is 0 Å².